The Balaban J connectivity index is 1.68. The van der Waals surface area contributed by atoms with Crippen molar-refractivity contribution in [2.24, 2.45) is 5.41 Å². The quantitative estimate of drug-likeness (QED) is 0.774. The fourth-order valence-corrected chi connectivity index (χ4v) is 3.90. The number of rotatable bonds is 1. The summed E-state index contributed by atoms with van der Waals surface area (Å²) in [5.41, 5.74) is 2.19. The van der Waals surface area contributed by atoms with Gasteiger partial charge in [0.2, 0.25) is 0 Å². The van der Waals surface area contributed by atoms with Crippen LogP contribution in [0.3, 0.4) is 0 Å². The molecule has 1 N–H and O–H groups in total. The first-order chi connectivity index (χ1) is 8.30. The van der Waals surface area contributed by atoms with Gasteiger partial charge in [0.05, 0.1) is 0 Å². The summed E-state index contributed by atoms with van der Waals surface area (Å²) in [4.78, 5) is 0. The molecule has 2 aliphatic rings. The van der Waals surface area contributed by atoms with E-state index in [9.17, 15) is 0 Å². The zero-order valence-corrected chi connectivity index (χ0v) is 10.8. The fraction of sp³-hybridized carbons (Fsp3) is 0.625. The van der Waals surface area contributed by atoms with Crippen LogP contribution in [-0.4, -0.2) is 12.6 Å². The summed E-state index contributed by atoms with van der Waals surface area (Å²) in [6.45, 7) is 3.62. The molecule has 1 spiro atoms. The molecule has 1 aromatic rings. The molecule has 17 heavy (non-hydrogen) atoms. The van der Waals surface area contributed by atoms with Gasteiger partial charge >= 0.3 is 0 Å². The zero-order chi connectivity index (χ0) is 11.7. The lowest BCUT2D eigenvalue weighted by Crippen LogP contribution is -2.37. The summed E-state index contributed by atoms with van der Waals surface area (Å²) in [5.74, 6) is 0.814. The van der Waals surface area contributed by atoms with Crippen molar-refractivity contribution in [3.05, 3.63) is 35.9 Å². The minimum atomic E-state index is 0.630. The van der Waals surface area contributed by atoms with Crippen LogP contribution < -0.4 is 5.32 Å². The van der Waals surface area contributed by atoms with Crippen LogP contribution in [0.1, 0.15) is 50.5 Å². The highest BCUT2D eigenvalue weighted by Crippen LogP contribution is 2.48. The van der Waals surface area contributed by atoms with Gasteiger partial charge < -0.3 is 5.32 Å². The Morgan fingerprint density at radius 3 is 2.35 bits per heavy atom. The number of nitrogens with one attached hydrogen (secondary N) is 1. The molecule has 1 nitrogen and oxygen atoms in total. The average molecular weight is 229 g/mol. The maximum atomic E-state index is 3.63. The van der Waals surface area contributed by atoms with E-state index in [0.717, 1.165) is 12.0 Å². The SMILES string of the molecule is CC1NCCC12CCC(c1ccccc1)CC2. The molecule has 92 valence electrons. The van der Waals surface area contributed by atoms with Crippen molar-refractivity contribution in [2.45, 2.75) is 51.0 Å². The van der Waals surface area contributed by atoms with Gasteiger partial charge in [-0.2, -0.15) is 0 Å². The van der Waals surface area contributed by atoms with Gasteiger partial charge in [0.15, 0.2) is 0 Å². The second-order valence-corrected chi connectivity index (χ2v) is 5.97. The monoisotopic (exact) mass is 229 g/mol. The molecule has 0 aromatic heterocycles. The molecular weight excluding hydrogens is 206 g/mol. The molecule has 1 heterocycles. The van der Waals surface area contributed by atoms with E-state index in [-0.39, 0.29) is 0 Å². The third-order valence-corrected chi connectivity index (χ3v) is 5.24. The van der Waals surface area contributed by atoms with Gasteiger partial charge in [-0.05, 0) is 62.5 Å². The topological polar surface area (TPSA) is 12.0 Å². The largest absolute Gasteiger partial charge is 0.314 e. The van der Waals surface area contributed by atoms with Crippen molar-refractivity contribution in [3.63, 3.8) is 0 Å². The van der Waals surface area contributed by atoms with Gasteiger partial charge in [0.1, 0.15) is 0 Å². The highest BCUT2D eigenvalue weighted by molar-refractivity contribution is 5.20. The van der Waals surface area contributed by atoms with Gasteiger partial charge in [-0.3, -0.25) is 0 Å². The van der Waals surface area contributed by atoms with Crippen molar-refractivity contribution in [1.29, 1.82) is 0 Å². The first kappa shape index (κ1) is 11.3. The molecule has 2 fully saturated rings. The van der Waals surface area contributed by atoms with Gasteiger partial charge in [-0.25, -0.2) is 0 Å². The van der Waals surface area contributed by atoms with E-state index in [4.69, 9.17) is 0 Å². The predicted molar refractivity (Wildman–Crippen MR) is 72.2 cm³/mol. The van der Waals surface area contributed by atoms with E-state index in [1.807, 2.05) is 0 Å². The molecule has 1 atom stereocenters. The van der Waals surface area contributed by atoms with E-state index in [2.05, 4.69) is 42.6 Å². The van der Waals surface area contributed by atoms with Gasteiger partial charge in [0.25, 0.3) is 0 Å². The molecule has 3 rings (SSSR count). The van der Waals surface area contributed by atoms with Crippen LogP contribution in [0.2, 0.25) is 0 Å². The normalized spacial score (nSPS) is 37.5. The number of benzene rings is 1. The first-order valence-corrected chi connectivity index (χ1v) is 7.08. The van der Waals surface area contributed by atoms with Gasteiger partial charge in [0, 0.05) is 6.04 Å². The fourth-order valence-electron chi connectivity index (χ4n) is 3.90. The molecule has 1 aliphatic heterocycles. The van der Waals surface area contributed by atoms with Gasteiger partial charge in [-0.15, -0.1) is 0 Å². The van der Waals surface area contributed by atoms with Crippen LogP contribution >= 0.6 is 0 Å². The average Bonchev–Trinajstić information content (AvgIpc) is 2.73. The highest BCUT2D eigenvalue weighted by Gasteiger charge is 2.42. The summed E-state index contributed by atoms with van der Waals surface area (Å²) >= 11 is 0. The van der Waals surface area contributed by atoms with Crippen molar-refractivity contribution >= 4 is 0 Å². The third-order valence-electron chi connectivity index (χ3n) is 5.24. The summed E-state index contributed by atoms with van der Waals surface area (Å²) in [6.07, 6.45) is 7.00. The summed E-state index contributed by atoms with van der Waals surface area (Å²) in [7, 11) is 0. The maximum Gasteiger partial charge on any atom is 0.00956 e. The third kappa shape index (κ3) is 2.01. The number of hydrogen-bond acceptors (Lipinski definition) is 1. The first-order valence-electron chi connectivity index (χ1n) is 7.08. The predicted octanol–water partition coefficient (Wildman–Crippen LogP) is 3.71. The van der Waals surface area contributed by atoms with E-state index in [1.165, 1.54) is 38.6 Å². The smallest absolute Gasteiger partial charge is 0.00956 e. The lowest BCUT2D eigenvalue weighted by molar-refractivity contribution is 0.159. The van der Waals surface area contributed by atoms with E-state index in [0.29, 0.717) is 5.41 Å². The van der Waals surface area contributed by atoms with Crippen molar-refractivity contribution in [2.75, 3.05) is 6.54 Å². The van der Waals surface area contributed by atoms with E-state index < -0.39 is 0 Å². The van der Waals surface area contributed by atoms with Gasteiger partial charge in [-0.1, -0.05) is 30.3 Å². The van der Waals surface area contributed by atoms with Crippen molar-refractivity contribution in [1.82, 2.24) is 5.32 Å². The highest BCUT2D eigenvalue weighted by atomic mass is 15.0. The van der Waals surface area contributed by atoms with Crippen LogP contribution in [0.15, 0.2) is 30.3 Å². The molecule has 0 amide bonds. The molecule has 1 aliphatic carbocycles. The minimum Gasteiger partial charge on any atom is -0.314 e. The Labute approximate surface area is 105 Å². The van der Waals surface area contributed by atoms with Crippen LogP contribution in [-0.2, 0) is 0 Å². The Bertz CT molecular complexity index is 362. The Kier molecular flexibility index (Phi) is 2.96. The Morgan fingerprint density at radius 2 is 1.76 bits per heavy atom. The lowest BCUT2D eigenvalue weighted by atomic mass is 9.65. The molecule has 1 unspecified atom stereocenters. The zero-order valence-electron chi connectivity index (χ0n) is 10.8. The lowest BCUT2D eigenvalue weighted by Gasteiger charge is -2.40. The van der Waals surface area contributed by atoms with Crippen molar-refractivity contribution < 1.29 is 0 Å². The second-order valence-electron chi connectivity index (χ2n) is 5.97. The molecule has 1 aromatic carbocycles. The summed E-state index contributed by atoms with van der Waals surface area (Å²) < 4.78 is 0. The van der Waals surface area contributed by atoms with E-state index >= 15 is 0 Å². The molecule has 1 saturated carbocycles. The summed E-state index contributed by atoms with van der Waals surface area (Å²) in [6, 6.07) is 11.8. The van der Waals surface area contributed by atoms with Crippen LogP contribution in [0.25, 0.3) is 0 Å². The van der Waals surface area contributed by atoms with Crippen LogP contribution in [0.5, 0.6) is 0 Å². The molecule has 0 bridgehead atoms. The number of hydrogen-bond donors (Lipinski definition) is 1. The van der Waals surface area contributed by atoms with Crippen LogP contribution in [0.4, 0.5) is 0 Å². The molecule has 0 radical (unpaired) electrons. The van der Waals surface area contributed by atoms with Crippen LogP contribution in [0, 0.1) is 5.41 Å². The molecule has 1 saturated heterocycles. The van der Waals surface area contributed by atoms with Crippen molar-refractivity contribution in [3.8, 4) is 0 Å². The maximum absolute atomic E-state index is 3.63. The molecular formula is C16H23N. The standard InChI is InChI=1S/C16H23N/c1-13-16(11-12-17-13)9-7-15(8-10-16)14-5-3-2-4-6-14/h2-6,13,15,17H,7-12H2,1H3. The second kappa shape index (κ2) is 4.45. The Morgan fingerprint density at radius 1 is 1.06 bits per heavy atom. The minimum absolute atomic E-state index is 0.630. The summed E-state index contributed by atoms with van der Waals surface area (Å²) in [5, 5.41) is 3.63. The molecule has 1 heteroatoms. The van der Waals surface area contributed by atoms with E-state index in [1.54, 1.807) is 5.56 Å². The Hall–Kier alpha value is -0.820.